The molecule has 0 saturated carbocycles. The number of nitrogens with zero attached hydrogens (tertiary/aromatic N) is 1. The van der Waals surface area contributed by atoms with Crippen molar-refractivity contribution in [2.75, 3.05) is 4.72 Å². The lowest BCUT2D eigenvalue weighted by Gasteiger charge is -2.12. The SMILES string of the molecule is Cc1ccc(-c2onc(C)c2C)cc1S(=O)(=O)Nc1ccc(F)c(Cl)c1. The minimum atomic E-state index is -3.90. The Bertz CT molecular complexity index is 1090. The third-order valence-corrected chi connectivity index (χ3v) is 5.88. The van der Waals surface area contributed by atoms with Gasteiger partial charge in [-0.2, -0.15) is 0 Å². The summed E-state index contributed by atoms with van der Waals surface area (Å²) in [5.74, 6) is -0.104. The van der Waals surface area contributed by atoms with Gasteiger partial charge >= 0.3 is 0 Å². The van der Waals surface area contributed by atoms with Crippen LogP contribution in [0.3, 0.4) is 0 Å². The van der Waals surface area contributed by atoms with Crippen LogP contribution in [0.15, 0.2) is 45.8 Å². The zero-order valence-corrected chi connectivity index (χ0v) is 15.9. The molecule has 0 radical (unpaired) electrons. The summed E-state index contributed by atoms with van der Waals surface area (Å²) in [5, 5.41) is 3.74. The second-order valence-corrected chi connectivity index (χ2v) is 7.99. The molecule has 0 saturated heterocycles. The topological polar surface area (TPSA) is 72.2 Å². The van der Waals surface area contributed by atoms with Gasteiger partial charge in [-0.25, -0.2) is 12.8 Å². The first-order valence-electron chi connectivity index (χ1n) is 7.71. The van der Waals surface area contributed by atoms with Crippen LogP contribution in [0, 0.1) is 26.6 Å². The zero-order chi connectivity index (χ0) is 19.1. The van der Waals surface area contributed by atoms with E-state index in [-0.39, 0.29) is 15.6 Å². The van der Waals surface area contributed by atoms with Gasteiger partial charge in [0.05, 0.1) is 21.3 Å². The second-order valence-electron chi connectivity index (χ2n) is 5.94. The van der Waals surface area contributed by atoms with Gasteiger partial charge in [0.2, 0.25) is 0 Å². The van der Waals surface area contributed by atoms with Crippen LogP contribution in [0.25, 0.3) is 11.3 Å². The van der Waals surface area contributed by atoms with Crippen LogP contribution in [0.5, 0.6) is 0 Å². The van der Waals surface area contributed by atoms with Crippen molar-refractivity contribution in [2.45, 2.75) is 25.7 Å². The van der Waals surface area contributed by atoms with Crippen LogP contribution in [0.2, 0.25) is 5.02 Å². The van der Waals surface area contributed by atoms with Crippen LogP contribution < -0.4 is 4.72 Å². The third-order valence-electron chi connectivity index (χ3n) is 4.07. The average molecular weight is 395 g/mol. The van der Waals surface area contributed by atoms with Gasteiger partial charge in [-0.15, -0.1) is 0 Å². The first kappa shape index (κ1) is 18.4. The zero-order valence-electron chi connectivity index (χ0n) is 14.3. The second kappa shape index (κ2) is 6.74. The van der Waals surface area contributed by atoms with Gasteiger partial charge in [0.15, 0.2) is 5.76 Å². The highest BCUT2D eigenvalue weighted by Gasteiger charge is 2.20. The standard InChI is InChI=1S/C18H16ClFN2O3S/c1-10-4-5-13(18-11(2)12(3)21-25-18)8-17(10)26(23,24)22-14-6-7-16(20)15(19)9-14/h4-9,22H,1-3H3. The summed E-state index contributed by atoms with van der Waals surface area (Å²) in [4.78, 5) is 0.0869. The van der Waals surface area contributed by atoms with E-state index in [2.05, 4.69) is 9.88 Å². The molecule has 1 aromatic heterocycles. The van der Waals surface area contributed by atoms with E-state index < -0.39 is 15.8 Å². The molecule has 0 fully saturated rings. The lowest BCUT2D eigenvalue weighted by molar-refractivity contribution is 0.427. The summed E-state index contributed by atoms with van der Waals surface area (Å²) in [6, 6.07) is 8.62. The molecule has 0 atom stereocenters. The monoisotopic (exact) mass is 394 g/mol. The van der Waals surface area contributed by atoms with Crippen LogP contribution in [-0.4, -0.2) is 13.6 Å². The van der Waals surface area contributed by atoms with Crippen LogP contribution in [0.1, 0.15) is 16.8 Å². The Morgan fingerprint density at radius 2 is 1.85 bits per heavy atom. The summed E-state index contributed by atoms with van der Waals surface area (Å²) in [6.45, 7) is 5.36. The first-order chi connectivity index (χ1) is 12.2. The van der Waals surface area contributed by atoms with Gasteiger partial charge in [-0.1, -0.05) is 28.9 Å². The number of aromatic nitrogens is 1. The first-order valence-corrected chi connectivity index (χ1v) is 9.57. The summed E-state index contributed by atoms with van der Waals surface area (Å²) in [7, 11) is -3.90. The Balaban J connectivity index is 2.03. The Labute approximate surface area is 155 Å². The van der Waals surface area contributed by atoms with E-state index >= 15 is 0 Å². The highest BCUT2D eigenvalue weighted by Crippen LogP contribution is 2.30. The minimum absolute atomic E-state index is 0.0869. The molecule has 0 aliphatic heterocycles. The Morgan fingerprint density at radius 3 is 2.46 bits per heavy atom. The van der Waals surface area contributed by atoms with Crippen molar-refractivity contribution < 1.29 is 17.3 Å². The molecule has 136 valence electrons. The lowest BCUT2D eigenvalue weighted by atomic mass is 10.1. The maximum Gasteiger partial charge on any atom is 0.262 e. The molecule has 0 unspecified atom stereocenters. The molecule has 5 nitrogen and oxygen atoms in total. The molecule has 26 heavy (non-hydrogen) atoms. The van der Waals surface area contributed by atoms with Crippen molar-refractivity contribution >= 4 is 27.3 Å². The molecule has 0 aliphatic carbocycles. The van der Waals surface area contributed by atoms with Gasteiger partial charge in [0, 0.05) is 11.1 Å². The van der Waals surface area contributed by atoms with Crippen LogP contribution in [0.4, 0.5) is 10.1 Å². The predicted molar refractivity (Wildman–Crippen MR) is 98.4 cm³/mol. The fourth-order valence-electron chi connectivity index (χ4n) is 2.49. The van der Waals surface area contributed by atoms with Crippen molar-refractivity contribution in [1.82, 2.24) is 5.16 Å². The van der Waals surface area contributed by atoms with E-state index in [9.17, 15) is 12.8 Å². The lowest BCUT2D eigenvalue weighted by Crippen LogP contribution is -2.14. The third kappa shape index (κ3) is 3.45. The minimum Gasteiger partial charge on any atom is -0.356 e. The number of aryl methyl sites for hydroxylation is 2. The molecule has 2 aromatic carbocycles. The highest BCUT2D eigenvalue weighted by atomic mass is 35.5. The number of hydrogen-bond acceptors (Lipinski definition) is 4. The number of halogens is 2. The van der Waals surface area contributed by atoms with E-state index in [0.717, 1.165) is 17.3 Å². The molecule has 0 spiro atoms. The summed E-state index contributed by atoms with van der Waals surface area (Å²) in [5.41, 5.74) is 2.92. The van der Waals surface area contributed by atoms with Gasteiger partial charge in [0.25, 0.3) is 10.0 Å². The summed E-state index contributed by atoms with van der Waals surface area (Å²) < 4.78 is 46.6. The van der Waals surface area contributed by atoms with Crippen LogP contribution in [-0.2, 0) is 10.0 Å². The fourth-order valence-corrected chi connectivity index (χ4v) is 3.99. The maximum absolute atomic E-state index is 13.3. The Hall–Kier alpha value is -2.38. The normalized spacial score (nSPS) is 11.6. The van der Waals surface area contributed by atoms with Gasteiger partial charge in [-0.05, 0) is 50.6 Å². The molecule has 0 aliphatic rings. The summed E-state index contributed by atoms with van der Waals surface area (Å²) in [6.07, 6.45) is 0. The quantitative estimate of drug-likeness (QED) is 0.685. The number of sulfonamides is 1. The molecule has 1 heterocycles. The van der Waals surface area contributed by atoms with Crippen molar-refractivity contribution in [1.29, 1.82) is 0 Å². The number of hydrogen-bond donors (Lipinski definition) is 1. The molecule has 0 amide bonds. The maximum atomic E-state index is 13.3. The van der Waals surface area contributed by atoms with Crippen LogP contribution >= 0.6 is 11.6 Å². The number of nitrogens with one attached hydrogen (secondary N) is 1. The largest absolute Gasteiger partial charge is 0.356 e. The highest BCUT2D eigenvalue weighted by molar-refractivity contribution is 7.92. The van der Waals surface area contributed by atoms with E-state index in [1.165, 1.54) is 18.2 Å². The van der Waals surface area contributed by atoms with Gasteiger partial charge < -0.3 is 4.52 Å². The smallest absolute Gasteiger partial charge is 0.262 e. The number of rotatable bonds is 4. The fraction of sp³-hybridized carbons (Fsp3) is 0.167. The molecule has 0 bridgehead atoms. The van der Waals surface area contributed by atoms with Gasteiger partial charge in [-0.3, -0.25) is 4.72 Å². The van der Waals surface area contributed by atoms with Crippen molar-refractivity contribution in [3.63, 3.8) is 0 Å². The van der Waals surface area contributed by atoms with E-state index in [1.807, 2.05) is 13.8 Å². The Morgan fingerprint density at radius 1 is 1.12 bits per heavy atom. The molecule has 3 aromatic rings. The molecule has 1 N–H and O–H groups in total. The molecular weight excluding hydrogens is 379 g/mol. The number of benzene rings is 2. The number of anilines is 1. The Kier molecular flexibility index (Phi) is 4.77. The van der Waals surface area contributed by atoms with Crippen molar-refractivity contribution in [3.8, 4) is 11.3 Å². The van der Waals surface area contributed by atoms with E-state index in [1.54, 1.807) is 19.1 Å². The van der Waals surface area contributed by atoms with E-state index in [0.29, 0.717) is 16.9 Å². The predicted octanol–water partition coefficient (Wildman–Crippen LogP) is 4.86. The molecule has 8 heteroatoms. The van der Waals surface area contributed by atoms with E-state index in [4.69, 9.17) is 16.1 Å². The van der Waals surface area contributed by atoms with Crippen molar-refractivity contribution in [3.05, 3.63) is 64.1 Å². The van der Waals surface area contributed by atoms with Crippen molar-refractivity contribution in [2.24, 2.45) is 0 Å². The molecular formula is C18H16ClFN2O3S. The average Bonchev–Trinajstić information content (AvgIpc) is 2.90. The van der Waals surface area contributed by atoms with Gasteiger partial charge in [0.1, 0.15) is 5.82 Å². The molecule has 3 rings (SSSR count). The summed E-state index contributed by atoms with van der Waals surface area (Å²) >= 11 is 5.72.